The molecule has 1 saturated heterocycles. The second kappa shape index (κ2) is 8.00. The van der Waals surface area contributed by atoms with Gasteiger partial charge >= 0.3 is 0 Å². The summed E-state index contributed by atoms with van der Waals surface area (Å²) in [5.74, 6) is -1.63. The van der Waals surface area contributed by atoms with Crippen LogP contribution >= 0.6 is 0 Å². The van der Waals surface area contributed by atoms with Gasteiger partial charge in [0, 0.05) is 44.3 Å². The van der Waals surface area contributed by atoms with E-state index in [1.807, 2.05) is 12.1 Å². The van der Waals surface area contributed by atoms with Crippen LogP contribution in [0.2, 0.25) is 0 Å². The average molecular weight is 431 g/mol. The van der Waals surface area contributed by atoms with Gasteiger partial charge in [0.2, 0.25) is 10.0 Å². The Labute approximate surface area is 173 Å². The quantitative estimate of drug-likeness (QED) is 0.638. The SMILES string of the molecule is O=C(c1cc(-n2cccc2)ccc1F)N1CCN(S(=O)(=O)c2ccc(F)cc2)CC1. The number of rotatable bonds is 4. The van der Waals surface area contributed by atoms with E-state index in [1.54, 1.807) is 23.0 Å². The second-order valence-electron chi connectivity index (χ2n) is 6.90. The van der Waals surface area contributed by atoms with Crippen LogP contribution in [0, 0.1) is 11.6 Å². The van der Waals surface area contributed by atoms with Gasteiger partial charge in [-0.05, 0) is 54.6 Å². The molecule has 1 aliphatic heterocycles. The number of aromatic nitrogens is 1. The summed E-state index contributed by atoms with van der Waals surface area (Å²) in [6, 6.07) is 12.6. The minimum absolute atomic E-state index is 0.00542. The van der Waals surface area contributed by atoms with Crippen molar-refractivity contribution in [3.63, 3.8) is 0 Å². The van der Waals surface area contributed by atoms with E-state index in [9.17, 15) is 22.0 Å². The lowest BCUT2D eigenvalue weighted by atomic mass is 10.1. The molecule has 30 heavy (non-hydrogen) atoms. The number of benzene rings is 2. The van der Waals surface area contributed by atoms with Gasteiger partial charge in [0.25, 0.3) is 5.91 Å². The summed E-state index contributed by atoms with van der Waals surface area (Å²) in [5.41, 5.74) is 0.596. The Morgan fingerprint density at radius 1 is 0.867 bits per heavy atom. The van der Waals surface area contributed by atoms with Crippen LogP contribution in [0.4, 0.5) is 8.78 Å². The summed E-state index contributed by atoms with van der Waals surface area (Å²) in [7, 11) is -3.79. The molecular formula is C21H19F2N3O3S. The average Bonchev–Trinajstić information content (AvgIpc) is 3.29. The minimum atomic E-state index is -3.79. The Balaban J connectivity index is 1.48. The Hall–Kier alpha value is -3.04. The molecule has 0 N–H and O–H groups in total. The van der Waals surface area contributed by atoms with Crippen LogP contribution in [-0.2, 0) is 10.0 Å². The van der Waals surface area contributed by atoms with Crippen molar-refractivity contribution in [2.45, 2.75) is 4.90 Å². The van der Waals surface area contributed by atoms with E-state index in [1.165, 1.54) is 33.5 Å². The number of halogens is 2. The molecule has 0 radical (unpaired) electrons. The van der Waals surface area contributed by atoms with Crippen molar-refractivity contribution in [2.75, 3.05) is 26.2 Å². The van der Waals surface area contributed by atoms with E-state index < -0.39 is 27.6 Å². The lowest BCUT2D eigenvalue weighted by Gasteiger charge is -2.34. The third kappa shape index (κ3) is 3.86. The predicted molar refractivity (Wildman–Crippen MR) is 107 cm³/mol. The maximum atomic E-state index is 14.3. The molecule has 0 saturated carbocycles. The highest BCUT2D eigenvalue weighted by molar-refractivity contribution is 7.89. The summed E-state index contributed by atoms with van der Waals surface area (Å²) < 4.78 is 55.9. The third-order valence-electron chi connectivity index (χ3n) is 5.06. The van der Waals surface area contributed by atoms with Crippen LogP contribution in [-0.4, -0.2) is 54.3 Å². The van der Waals surface area contributed by atoms with Crippen LogP contribution in [0.25, 0.3) is 5.69 Å². The van der Waals surface area contributed by atoms with Gasteiger partial charge < -0.3 is 9.47 Å². The zero-order valence-corrected chi connectivity index (χ0v) is 16.7. The Morgan fingerprint density at radius 3 is 2.13 bits per heavy atom. The second-order valence-corrected chi connectivity index (χ2v) is 8.84. The molecule has 1 aliphatic rings. The van der Waals surface area contributed by atoms with Gasteiger partial charge in [-0.15, -0.1) is 0 Å². The summed E-state index contributed by atoms with van der Waals surface area (Å²) in [5, 5.41) is 0. The molecule has 0 aliphatic carbocycles. The van der Waals surface area contributed by atoms with Gasteiger partial charge in [0.1, 0.15) is 11.6 Å². The highest BCUT2D eigenvalue weighted by Gasteiger charge is 2.31. The van der Waals surface area contributed by atoms with E-state index in [0.29, 0.717) is 5.69 Å². The zero-order valence-electron chi connectivity index (χ0n) is 15.9. The van der Waals surface area contributed by atoms with Gasteiger partial charge in [-0.3, -0.25) is 4.79 Å². The van der Waals surface area contributed by atoms with Gasteiger partial charge in [0.15, 0.2) is 0 Å². The van der Waals surface area contributed by atoms with Gasteiger partial charge in [-0.25, -0.2) is 17.2 Å². The lowest BCUT2D eigenvalue weighted by Crippen LogP contribution is -2.50. The molecule has 2 heterocycles. The number of sulfonamides is 1. The van der Waals surface area contributed by atoms with Crippen LogP contribution < -0.4 is 0 Å². The minimum Gasteiger partial charge on any atom is -0.336 e. The molecule has 6 nitrogen and oxygen atoms in total. The normalized spacial score (nSPS) is 15.3. The van der Waals surface area contributed by atoms with E-state index in [-0.39, 0.29) is 36.6 Å². The zero-order chi connectivity index (χ0) is 21.3. The Kier molecular flexibility index (Phi) is 5.40. The summed E-state index contributed by atoms with van der Waals surface area (Å²) in [6.07, 6.45) is 3.58. The molecule has 1 amide bonds. The van der Waals surface area contributed by atoms with E-state index in [2.05, 4.69) is 0 Å². The van der Waals surface area contributed by atoms with Crippen molar-refractivity contribution in [1.82, 2.24) is 13.8 Å². The number of hydrogen-bond acceptors (Lipinski definition) is 3. The molecular weight excluding hydrogens is 412 g/mol. The monoisotopic (exact) mass is 431 g/mol. The molecule has 3 aromatic rings. The highest BCUT2D eigenvalue weighted by Crippen LogP contribution is 2.21. The molecule has 9 heteroatoms. The van der Waals surface area contributed by atoms with Gasteiger partial charge in [-0.1, -0.05) is 0 Å². The van der Waals surface area contributed by atoms with E-state index in [0.717, 1.165) is 12.1 Å². The maximum absolute atomic E-state index is 14.3. The molecule has 1 fully saturated rings. The molecule has 0 spiro atoms. The van der Waals surface area contributed by atoms with Crippen LogP contribution in [0.1, 0.15) is 10.4 Å². The number of piperazine rings is 1. The highest BCUT2D eigenvalue weighted by atomic mass is 32.2. The first kappa shape index (κ1) is 20.2. The number of carbonyl (C=O) groups excluding carboxylic acids is 1. The van der Waals surface area contributed by atoms with Crippen LogP contribution in [0.15, 0.2) is 71.9 Å². The van der Waals surface area contributed by atoms with Crippen LogP contribution in [0.3, 0.4) is 0 Å². The fraction of sp³-hybridized carbons (Fsp3) is 0.190. The smallest absolute Gasteiger partial charge is 0.256 e. The van der Waals surface area contributed by atoms with Crippen molar-refractivity contribution < 1.29 is 22.0 Å². The van der Waals surface area contributed by atoms with E-state index in [4.69, 9.17) is 0 Å². The molecule has 0 atom stereocenters. The molecule has 4 rings (SSSR count). The first-order chi connectivity index (χ1) is 14.4. The lowest BCUT2D eigenvalue weighted by molar-refractivity contribution is 0.0693. The van der Waals surface area contributed by atoms with Crippen molar-refractivity contribution in [3.05, 3.63) is 84.2 Å². The fourth-order valence-corrected chi connectivity index (χ4v) is 4.82. The van der Waals surface area contributed by atoms with E-state index >= 15 is 0 Å². The number of hydrogen-bond donors (Lipinski definition) is 0. The van der Waals surface area contributed by atoms with Crippen molar-refractivity contribution in [1.29, 1.82) is 0 Å². The largest absolute Gasteiger partial charge is 0.336 e. The topological polar surface area (TPSA) is 62.6 Å². The van der Waals surface area contributed by atoms with Gasteiger partial charge in [0.05, 0.1) is 10.5 Å². The van der Waals surface area contributed by atoms with Crippen LogP contribution in [0.5, 0.6) is 0 Å². The number of amides is 1. The molecule has 0 unspecified atom stereocenters. The molecule has 156 valence electrons. The fourth-order valence-electron chi connectivity index (χ4n) is 3.40. The standard InChI is InChI=1S/C21H19F2N3O3S/c22-16-3-6-18(7-4-16)30(28,29)26-13-11-25(12-14-26)21(27)19-15-17(5-8-20(19)23)24-9-1-2-10-24/h1-10,15H,11-14H2. The first-order valence-electron chi connectivity index (χ1n) is 9.34. The van der Waals surface area contributed by atoms with Crippen molar-refractivity contribution in [2.24, 2.45) is 0 Å². The summed E-state index contributed by atoms with van der Waals surface area (Å²) >= 11 is 0. The molecule has 0 bridgehead atoms. The first-order valence-corrected chi connectivity index (χ1v) is 10.8. The summed E-state index contributed by atoms with van der Waals surface area (Å²) in [4.78, 5) is 14.3. The number of nitrogens with zero attached hydrogens (tertiary/aromatic N) is 3. The molecule has 2 aromatic carbocycles. The Morgan fingerprint density at radius 2 is 1.50 bits per heavy atom. The predicted octanol–water partition coefficient (Wildman–Crippen LogP) is 2.90. The Bertz CT molecular complexity index is 1150. The summed E-state index contributed by atoms with van der Waals surface area (Å²) in [6.45, 7) is 0.410. The third-order valence-corrected chi connectivity index (χ3v) is 6.97. The van der Waals surface area contributed by atoms with Crippen molar-refractivity contribution >= 4 is 15.9 Å². The van der Waals surface area contributed by atoms with Crippen molar-refractivity contribution in [3.8, 4) is 5.69 Å². The van der Waals surface area contributed by atoms with Gasteiger partial charge in [-0.2, -0.15) is 4.31 Å². The number of carbonyl (C=O) groups is 1. The maximum Gasteiger partial charge on any atom is 0.256 e. The molecule has 1 aromatic heterocycles.